The quantitative estimate of drug-likeness (QED) is 0.691. The lowest BCUT2D eigenvalue weighted by Gasteiger charge is -2.25. The average Bonchev–Trinajstić information content (AvgIpc) is 3.27. The van der Waals surface area contributed by atoms with Gasteiger partial charge in [0.2, 0.25) is 0 Å². The Kier molecular flexibility index (Phi) is 4.18. The van der Waals surface area contributed by atoms with Crippen molar-refractivity contribution in [3.05, 3.63) is 71.2 Å². The number of amides is 1. The van der Waals surface area contributed by atoms with Crippen molar-refractivity contribution in [3.8, 4) is 0 Å². The van der Waals surface area contributed by atoms with Crippen LogP contribution in [0.1, 0.15) is 28.8 Å². The summed E-state index contributed by atoms with van der Waals surface area (Å²) in [5.41, 5.74) is 1.68. The number of likely N-dealkylation sites (tertiary alicyclic amines) is 1. The number of para-hydroxylation sites is 1. The molecule has 1 amide bonds. The molecule has 0 saturated carbocycles. The van der Waals surface area contributed by atoms with Gasteiger partial charge in [0.15, 0.2) is 17.5 Å². The molecule has 2 heterocycles. The highest BCUT2D eigenvalue weighted by Crippen LogP contribution is 2.28. The molecule has 0 spiro atoms. The molecule has 1 aromatic heterocycles. The predicted octanol–water partition coefficient (Wildman–Crippen LogP) is 4.43. The first-order chi connectivity index (χ1) is 12.6. The van der Waals surface area contributed by atoms with Crippen molar-refractivity contribution in [2.45, 2.75) is 25.3 Å². The predicted molar refractivity (Wildman–Crippen MR) is 92.4 cm³/mol. The van der Waals surface area contributed by atoms with Crippen molar-refractivity contribution in [2.75, 3.05) is 6.54 Å². The topological polar surface area (TPSA) is 36.1 Å². The zero-order valence-electron chi connectivity index (χ0n) is 13.9. The molecule has 0 aliphatic carbocycles. The fourth-order valence-electron chi connectivity index (χ4n) is 3.72. The van der Waals surface area contributed by atoms with Gasteiger partial charge < -0.3 is 9.88 Å². The lowest BCUT2D eigenvalue weighted by molar-refractivity contribution is 0.0730. The zero-order chi connectivity index (χ0) is 18.3. The summed E-state index contributed by atoms with van der Waals surface area (Å²) in [6.45, 7) is 0.476. The Bertz CT molecular complexity index is 982. The molecule has 3 nitrogen and oxygen atoms in total. The minimum atomic E-state index is -1.61. The van der Waals surface area contributed by atoms with Crippen LogP contribution >= 0.6 is 0 Å². The highest BCUT2D eigenvalue weighted by molar-refractivity contribution is 5.95. The van der Waals surface area contributed by atoms with Crippen molar-refractivity contribution in [3.63, 3.8) is 0 Å². The van der Waals surface area contributed by atoms with E-state index in [9.17, 15) is 18.0 Å². The van der Waals surface area contributed by atoms with Crippen LogP contribution < -0.4 is 0 Å². The van der Waals surface area contributed by atoms with Crippen LogP contribution in [0, 0.1) is 17.5 Å². The number of carbonyl (C=O) groups is 1. The van der Waals surface area contributed by atoms with Crippen molar-refractivity contribution < 1.29 is 18.0 Å². The van der Waals surface area contributed by atoms with Crippen molar-refractivity contribution >= 4 is 16.8 Å². The molecule has 3 aromatic rings. The second-order valence-electron chi connectivity index (χ2n) is 6.58. The standard InChI is InChI=1S/C20H17F3N2O/c21-16-8-7-15(18(22)19(16)23)20(26)25-9-3-4-13(25)10-12-11-24-17-6-2-1-5-14(12)17/h1-2,5-8,11,13,24H,3-4,9-10H2. The number of hydrogen-bond acceptors (Lipinski definition) is 1. The van der Waals surface area contributed by atoms with Gasteiger partial charge in [-0.15, -0.1) is 0 Å². The number of nitrogens with one attached hydrogen (secondary N) is 1. The fourth-order valence-corrected chi connectivity index (χ4v) is 3.72. The Morgan fingerprint density at radius 3 is 2.77 bits per heavy atom. The van der Waals surface area contributed by atoms with Crippen molar-refractivity contribution in [1.82, 2.24) is 9.88 Å². The Labute approximate surface area is 148 Å². The summed E-state index contributed by atoms with van der Waals surface area (Å²) in [4.78, 5) is 17.5. The highest BCUT2D eigenvalue weighted by atomic mass is 19.2. The van der Waals surface area contributed by atoms with E-state index in [2.05, 4.69) is 4.98 Å². The second kappa shape index (κ2) is 6.52. The van der Waals surface area contributed by atoms with Crippen LogP contribution in [-0.2, 0) is 6.42 Å². The van der Waals surface area contributed by atoms with E-state index in [1.165, 1.54) is 0 Å². The lowest BCUT2D eigenvalue weighted by Crippen LogP contribution is -2.37. The van der Waals surface area contributed by atoms with Crippen LogP contribution in [0.5, 0.6) is 0 Å². The van der Waals surface area contributed by atoms with Gasteiger partial charge in [0.1, 0.15) is 0 Å². The SMILES string of the molecule is O=C(c1ccc(F)c(F)c1F)N1CCCC1Cc1c[nH]c2ccccc12. The molecule has 1 fully saturated rings. The molecule has 0 bridgehead atoms. The maximum atomic E-state index is 14.0. The number of nitrogens with zero attached hydrogens (tertiary/aromatic N) is 1. The van der Waals surface area contributed by atoms with E-state index in [0.717, 1.165) is 41.4 Å². The first-order valence-electron chi connectivity index (χ1n) is 8.55. The number of carbonyl (C=O) groups excluding carboxylic acids is 1. The number of fused-ring (bicyclic) bond motifs is 1. The number of aromatic amines is 1. The maximum Gasteiger partial charge on any atom is 0.257 e. The Hall–Kier alpha value is -2.76. The molecule has 4 rings (SSSR count). The fraction of sp³-hybridized carbons (Fsp3) is 0.250. The summed E-state index contributed by atoms with van der Waals surface area (Å²) in [5, 5.41) is 1.09. The number of aromatic nitrogens is 1. The van der Waals surface area contributed by atoms with Gasteiger partial charge in [-0.3, -0.25) is 4.79 Å². The molecule has 26 heavy (non-hydrogen) atoms. The molecular formula is C20H17F3N2O. The molecule has 0 radical (unpaired) electrons. The lowest BCUT2D eigenvalue weighted by atomic mass is 10.0. The highest BCUT2D eigenvalue weighted by Gasteiger charge is 2.32. The van der Waals surface area contributed by atoms with Crippen LogP contribution in [0.4, 0.5) is 13.2 Å². The van der Waals surface area contributed by atoms with E-state index in [-0.39, 0.29) is 6.04 Å². The third-order valence-corrected chi connectivity index (χ3v) is 5.03. The Morgan fingerprint density at radius 1 is 1.12 bits per heavy atom. The summed E-state index contributed by atoms with van der Waals surface area (Å²) in [7, 11) is 0. The van der Waals surface area contributed by atoms with Crippen molar-refractivity contribution in [2.24, 2.45) is 0 Å². The van der Waals surface area contributed by atoms with Gasteiger partial charge >= 0.3 is 0 Å². The maximum absolute atomic E-state index is 14.0. The number of H-pyrrole nitrogens is 1. The zero-order valence-corrected chi connectivity index (χ0v) is 13.9. The third kappa shape index (κ3) is 2.75. The third-order valence-electron chi connectivity index (χ3n) is 5.03. The second-order valence-corrected chi connectivity index (χ2v) is 6.58. The molecule has 1 aliphatic rings. The average molecular weight is 358 g/mol. The van der Waals surface area contributed by atoms with Crippen LogP contribution in [0.15, 0.2) is 42.6 Å². The van der Waals surface area contributed by atoms with Gasteiger partial charge in [-0.1, -0.05) is 18.2 Å². The molecule has 1 atom stereocenters. The van der Waals surface area contributed by atoms with E-state index in [0.29, 0.717) is 13.0 Å². The van der Waals surface area contributed by atoms with Crippen LogP contribution in [0.2, 0.25) is 0 Å². The Morgan fingerprint density at radius 2 is 1.92 bits per heavy atom. The van der Waals surface area contributed by atoms with Crippen LogP contribution in [0.3, 0.4) is 0 Å². The Balaban J connectivity index is 1.60. The van der Waals surface area contributed by atoms with Gasteiger partial charge in [0.05, 0.1) is 5.56 Å². The van der Waals surface area contributed by atoms with E-state index < -0.39 is 28.9 Å². The molecule has 1 saturated heterocycles. The normalized spacial score (nSPS) is 17.2. The number of halogens is 3. The van der Waals surface area contributed by atoms with E-state index in [1.54, 1.807) is 4.90 Å². The summed E-state index contributed by atoms with van der Waals surface area (Å²) in [6.07, 6.45) is 4.13. The van der Waals surface area contributed by atoms with E-state index in [4.69, 9.17) is 0 Å². The molecule has 2 aromatic carbocycles. The first kappa shape index (κ1) is 16.7. The minimum Gasteiger partial charge on any atom is -0.361 e. The molecule has 6 heteroatoms. The molecular weight excluding hydrogens is 341 g/mol. The first-order valence-corrected chi connectivity index (χ1v) is 8.55. The summed E-state index contributed by atoms with van der Waals surface area (Å²) in [5.74, 6) is -4.92. The van der Waals surface area contributed by atoms with Gasteiger partial charge in [-0.2, -0.15) is 0 Å². The summed E-state index contributed by atoms with van der Waals surface area (Å²) < 4.78 is 40.6. The van der Waals surface area contributed by atoms with Crippen molar-refractivity contribution in [1.29, 1.82) is 0 Å². The number of hydrogen-bond donors (Lipinski definition) is 1. The largest absolute Gasteiger partial charge is 0.361 e. The molecule has 134 valence electrons. The monoisotopic (exact) mass is 358 g/mol. The number of benzene rings is 2. The molecule has 1 aliphatic heterocycles. The number of rotatable bonds is 3. The minimum absolute atomic E-state index is 0.103. The smallest absolute Gasteiger partial charge is 0.257 e. The van der Waals surface area contributed by atoms with Gasteiger partial charge in [-0.25, -0.2) is 13.2 Å². The van der Waals surface area contributed by atoms with Crippen LogP contribution in [-0.4, -0.2) is 28.4 Å². The van der Waals surface area contributed by atoms with E-state index in [1.807, 2.05) is 30.5 Å². The van der Waals surface area contributed by atoms with E-state index >= 15 is 0 Å². The molecule has 1 unspecified atom stereocenters. The summed E-state index contributed by atoms with van der Waals surface area (Å²) in [6, 6.07) is 9.58. The van der Waals surface area contributed by atoms with Gasteiger partial charge in [0.25, 0.3) is 5.91 Å². The van der Waals surface area contributed by atoms with Crippen LogP contribution in [0.25, 0.3) is 10.9 Å². The van der Waals surface area contributed by atoms with Gasteiger partial charge in [-0.05, 0) is 43.0 Å². The molecule has 1 N–H and O–H groups in total. The summed E-state index contributed by atoms with van der Waals surface area (Å²) >= 11 is 0. The van der Waals surface area contributed by atoms with Gasteiger partial charge in [0, 0.05) is 29.7 Å².